The molecule has 0 bridgehead atoms. The Kier molecular flexibility index (Phi) is 15.6. The molecule has 0 radical (unpaired) electrons. The number of hydrogen-bond donors (Lipinski definition) is 5. The zero-order valence-corrected chi connectivity index (χ0v) is 33.8. The van der Waals surface area contributed by atoms with Crippen molar-refractivity contribution in [3.8, 4) is 0 Å². The predicted octanol–water partition coefficient (Wildman–Crippen LogP) is 3.98. The van der Waals surface area contributed by atoms with Gasteiger partial charge in [0.2, 0.25) is 21.8 Å². The lowest BCUT2D eigenvalue weighted by Gasteiger charge is -2.26. The van der Waals surface area contributed by atoms with E-state index in [1.165, 1.54) is 25.2 Å². The van der Waals surface area contributed by atoms with E-state index < -0.39 is 46.0 Å². The van der Waals surface area contributed by atoms with E-state index in [1.54, 1.807) is 32.0 Å². The number of rotatable bonds is 18. The summed E-state index contributed by atoms with van der Waals surface area (Å²) in [5.74, 6) is -1.91. The van der Waals surface area contributed by atoms with E-state index in [-0.39, 0.29) is 47.2 Å². The maximum atomic E-state index is 14.0. The number of halogens is 1. The first kappa shape index (κ1) is 43.2. The van der Waals surface area contributed by atoms with Crippen molar-refractivity contribution < 1.29 is 32.3 Å². The number of carbonyl (C=O) groups excluding carboxylic acids is 4. The van der Waals surface area contributed by atoms with E-state index in [0.29, 0.717) is 24.6 Å². The molecule has 13 nitrogen and oxygen atoms in total. The molecule has 4 amide bonds. The van der Waals surface area contributed by atoms with Gasteiger partial charge in [0.25, 0.3) is 11.8 Å². The fourth-order valence-electron chi connectivity index (χ4n) is 6.08. The molecule has 1 aliphatic heterocycles. The lowest BCUT2D eigenvalue weighted by atomic mass is 10.0. The van der Waals surface area contributed by atoms with Crippen LogP contribution in [0.1, 0.15) is 78.4 Å². The van der Waals surface area contributed by atoms with E-state index in [0.717, 1.165) is 34.5 Å². The molecule has 15 heteroatoms. The zero-order valence-electron chi connectivity index (χ0n) is 32.2. The average Bonchev–Trinajstić information content (AvgIpc) is 3.68. The van der Waals surface area contributed by atoms with Crippen molar-refractivity contribution in [1.29, 1.82) is 0 Å². The van der Waals surface area contributed by atoms with Crippen LogP contribution in [0.25, 0.3) is 0 Å². The average molecular weight is 797 g/mol. The van der Waals surface area contributed by atoms with Crippen LogP contribution in [-0.4, -0.2) is 89.3 Å². The molecule has 0 saturated carbocycles. The molecule has 1 saturated heterocycles. The van der Waals surface area contributed by atoms with Crippen molar-refractivity contribution in [1.82, 2.24) is 26.6 Å². The second-order valence-corrected chi connectivity index (χ2v) is 16.8. The molecular weight excluding hydrogens is 744 g/mol. The van der Waals surface area contributed by atoms with Gasteiger partial charge in [-0.2, -0.15) is 0 Å². The number of anilines is 1. The van der Waals surface area contributed by atoms with Gasteiger partial charge in [-0.25, -0.2) is 8.42 Å². The Bertz CT molecular complexity index is 1910. The summed E-state index contributed by atoms with van der Waals surface area (Å²) >= 11 is 6.15. The smallest absolute Gasteiger partial charge is 0.251 e. The minimum absolute atomic E-state index is 0.0277. The molecule has 3 aromatic rings. The van der Waals surface area contributed by atoms with Crippen LogP contribution < -0.4 is 30.9 Å². The molecular formula is C40H53ClN6O7S. The summed E-state index contributed by atoms with van der Waals surface area (Å²) in [6.07, 6.45) is 3.22. The summed E-state index contributed by atoms with van der Waals surface area (Å²) in [6.45, 7) is 8.41. The second kappa shape index (κ2) is 19.9. The van der Waals surface area contributed by atoms with Gasteiger partial charge < -0.3 is 31.3 Å². The number of hydrogen-bond acceptors (Lipinski definition) is 8. The van der Waals surface area contributed by atoms with Crippen LogP contribution in [0.3, 0.4) is 0 Å². The molecule has 1 unspecified atom stereocenters. The summed E-state index contributed by atoms with van der Waals surface area (Å²) in [5, 5.41) is 15.4. The first-order valence-corrected chi connectivity index (χ1v) is 20.7. The van der Waals surface area contributed by atoms with Gasteiger partial charge in [0.05, 0.1) is 30.1 Å². The Morgan fingerprint density at radius 1 is 0.873 bits per heavy atom. The molecule has 55 heavy (non-hydrogen) atoms. The fourth-order valence-corrected chi connectivity index (χ4v) is 6.77. The number of carbonyl (C=O) groups is 4. The minimum Gasteiger partial charge on any atom is -0.376 e. The molecule has 5 N–H and O–H groups in total. The Labute approximate surface area is 329 Å². The van der Waals surface area contributed by atoms with Crippen LogP contribution in [0.4, 0.5) is 5.69 Å². The molecule has 0 aromatic heterocycles. The van der Waals surface area contributed by atoms with Crippen LogP contribution in [0.2, 0.25) is 5.02 Å². The van der Waals surface area contributed by atoms with Crippen molar-refractivity contribution >= 4 is 50.9 Å². The summed E-state index contributed by atoms with van der Waals surface area (Å²) < 4.78 is 31.7. The van der Waals surface area contributed by atoms with E-state index in [4.69, 9.17) is 16.3 Å². The third kappa shape index (κ3) is 13.1. The van der Waals surface area contributed by atoms with Crippen molar-refractivity contribution in [2.75, 3.05) is 37.3 Å². The molecule has 1 aliphatic rings. The summed E-state index contributed by atoms with van der Waals surface area (Å²) in [7, 11) is -2.41. The second-order valence-electron chi connectivity index (χ2n) is 14.3. The Hall–Kier alpha value is -4.50. The van der Waals surface area contributed by atoms with Crippen molar-refractivity contribution in [2.45, 2.75) is 77.2 Å². The SMILES string of the molecule is CC(C)[C@H](NC(=O)[C@H](C)NC[C@H](Cc1ccccc1)NC(=O)c1cc(C(=O)N[C@H](C)c2cccc(Cl)c2)cc(N(C)S(C)(=O)=O)c1)C(=O)NCC1CCCO1. The quantitative estimate of drug-likeness (QED) is 0.129. The van der Waals surface area contributed by atoms with Gasteiger partial charge in [0.15, 0.2) is 0 Å². The highest BCUT2D eigenvalue weighted by Crippen LogP contribution is 2.23. The van der Waals surface area contributed by atoms with Crippen LogP contribution in [0.5, 0.6) is 0 Å². The fraction of sp³-hybridized carbons (Fsp3) is 0.450. The van der Waals surface area contributed by atoms with Crippen molar-refractivity contribution in [2.24, 2.45) is 5.92 Å². The Balaban J connectivity index is 1.51. The Morgan fingerprint density at radius 2 is 1.55 bits per heavy atom. The van der Waals surface area contributed by atoms with Gasteiger partial charge >= 0.3 is 0 Å². The van der Waals surface area contributed by atoms with Gasteiger partial charge in [-0.3, -0.25) is 23.5 Å². The molecule has 1 fully saturated rings. The van der Waals surface area contributed by atoms with E-state index in [1.807, 2.05) is 50.2 Å². The van der Waals surface area contributed by atoms with Crippen LogP contribution >= 0.6 is 11.6 Å². The minimum atomic E-state index is -3.75. The van der Waals surface area contributed by atoms with E-state index >= 15 is 0 Å². The van der Waals surface area contributed by atoms with Gasteiger partial charge in [-0.05, 0) is 80.5 Å². The van der Waals surface area contributed by atoms with Gasteiger partial charge in [0, 0.05) is 48.9 Å². The highest BCUT2D eigenvalue weighted by molar-refractivity contribution is 7.92. The maximum absolute atomic E-state index is 14.0. The normalized spacial score (nSPS) is 16.4. The predicted molar refractivity (Wildman–Crippen MR) is 215 cm³/mol. The third-order valence-electron chi connectivity index (χ3n) is 9.50. The number of benzene rings is 3. The standard InChI is InChI=1S/C40H53ClN6O7S/c1-25(2)36(40(51)43-24-35-16-11-17-54-35)46-37(48)27(4)42-23-33(18-28-12-8-7-9-13-28)45-39(50)31-19-30(21-34(22-31)47(5)55(6,52)53)38(49)44-26(3)29-14-10-15-32(41)20-29/h7-10,12-15,19-22,25-27,33,35-36,42H,11,16-18,23-24H2,1-6H3,(H,43,51)(H,44,49)(H,45,50)(H,46,48)/t26-,27+,33+,35?,36+/m1/s1. The first-order valence-electron chi connectivity index (χ1n) is 18.4. The molecule has 298 valence electrons. The topological polar surface area (TPSA) is 175 Å². The van der Waals surface area contributed by atoms with E-state index in [2.05, 4.69) is 26.6 Å². The highest BCUT2D eigenvalue weighted by atomic mass is 35.5. The first-order chi connectivity index (χ1) is 26.0. The molecule has 0 aliphatic carbocycles. The van der Waals surface area contributed by atoms with Crippen molar-refractivity contribution in [3.05, 3.63) is 100 Å². The molecule has 5 atom stereocenters. The summed E-state index contributed by atoms with van der Waals surface area (Å²) in [4.78, 5) is 53.9. The number of nitrogens with one attached hydrogen (secondary N) is 5. The Morgan fingerprint density at radius 3 is 2.15 bits per heavy atom. The van der Waals surface area contributed by atoms with Gasteiger partial charge in [-0.1, -0.05) is 67.9 Å². The zero-order chi connectivity index (χ0) is 40.3. The molecule has 3 aromatic carbocycles. The molecule has 0 spiro atoms. The van der Waals surface area contributed by atoms with Crippen LogP contribution in [0.15, 0.2) is 72.8 Å². The monoisotopic (exact) mass is 796 g/mol. The number of amides is 4. The highest BCUT2D eigenvalue weighted by Gasteiger charge is 2.28. The summed E-state index contributed by atoms with van der Waals surface area (Å²) in [6, 6.07) is 18.3. The third-order valence-corrected chi connectivity index (χ3v) is 10.9. The lowest BCUT2D eigenvalue weighted by molar-refractivity contribution is -0.131. The number of ether oxygens (including phenoxy) is 1. The van der Waals surface area contributed by atoms with Gasteiger partial charge in [-0.15, -0.1) is 0 Å². The molecule has 1 heterocycles. The lowest BCUT2D eigenvalue weighted by Crippen LogP contribution is -2.56. The number of sulfonamides is 1. The number of nitrogens with zero attached hydrogens (tertiary/aromatic N) is 1. The summed E-state index contributed by atoms with van der Waals surface area (Å²) in [5.41, 5.74) is 1.95. The van der Waals surface area contributed by atoms with E-state index in [9.17, 15) is 27.6 Å². The largest absolute Gasteiger partial charge is 0.376 e. The van der Waals surface area contributed by atoms with Crippen molar-refractivity contribution in [3.63, 3.8) is 0 Å². The van der Waals surface area contributed by atoms with Crippen LogP contribution in [0, 0.1) is 5.92 Å². The van der Waals surface area contributed by atoms with Gasteiger partial charge in [0.1, 0.15) is 6.04 Å². The maximum Gasteiger partial charge on any atom is 0.251 e. The molecule has 4 rings (SSSR count). The van der Waals surface area contributed by atoms with Crippen LogP contribution in [-0.2, 0) is 30.8 Å².